The second kappa shape index (κ2) is 6.92. The third kappa shape index (κ3) is 5.00. The summed E-state index contributed by atoms with van der Waals surface area (Å²) in [6.45, 7) is 5.39. The van der Waals surface area contributed by atoms with Crippen molar-refractivity contribution in [3.8, 4) is 0 Å². The lowest BCUT2D eigenvalue weighted by atomic mass is 10.1. The van der Waals surface area contributed by atoms with Gasteiger partial charge < -0.3 is 10.6 Å². The largest absolute Gasteiger partial charge is 0.405 e. The lowest BCUT2D eigenvalue weighted by Gasteiger charge is -2.25. The fourth-order valence-corrected chi connectivity index (χ4v) is 1.93. The minimum atomic E-state index is -4.24. The van der Waals surface area contributed by atoms with Gasteiger partial charge in [-0.3, -0.25) is 0 Å². The van der Waals surface area contributed by atoms with Gasteiger partial charge in [-0.05, 0) is 30.0 Å². The molecule has 0 radical (unpaired) electrons. The van der Waals surface area contributed by atoms with Crippen LogP contribution in [0.25, 0.3) is 0 Å². The van der Waals surface area contributed by atoms with Crippen LogP contribution in [0.4, 0.5) is 19.0 Å². The van der Waals surface area contributed by atoms with Gasteiger partial charge in [-0.2, -0.15) is 13.2 Å². The highest BCUT2D eigenvalue weighted by atomic mass is 19.4. The fourth-order valence-electron chi connectivity index (χ4n) is 1.93. The molecule has 114 valence electrons. The molecule has 0 saturated heterocycles. The van der Waals surface area contributed by atoms with Crippen molar-refractivity contribution in [3.05, 3.63) is 23.4 Å². The van der Waals surface area contributed by atoms with Gasteiger partial charge in [0.1, 0.15) is 12.4 Å². The molecule has 3 nitrogen and oxygen atoms in total. The second-order valence-electron chi connectivity index (χ2n) is 5.15. The summed E-state index contributed by atoms with van der Waals surface area (Å²) in [6, 6.07) is 3.50. The molecule has 1 heterocycles. The van der Waals surface area contributed by atoms with E-state index in [1.165, 1.54) is 4.90 Å². The molecule has 1 aromatic rings. The maximum Gasteiger partial charge on any atom is 0.405 e. The van der Waals surface area contributed by atoms with E-state index in [9.17, 15) is 13.2 Å². The molecule has 0 aromatic carbocycles. The number of hydrogen-bond donors (Lipinski definition) is 1. The second-order valence-corrected chi connectivity index (χ2v) is 5.15. The van der Waals surface area contributed by atoms with Gasteiger partial charge >= 0.3 is 6.18 Å². The topological polar surface area (TPSA) is 42.1 Å². The van der Waals surface area contributed by atoms with Gasteiger partial charge in [-0.25, -0.2) is 4.98 Å². The monoisotopic (exact) mass is 289 g/mol. The molecule has 6 heteroatoms. The molecule has 1 rings (SSSR count). The Morgan fingerprint density at radius 2 is 1.95 bits per heavy atom. The Kier molecular flexibility index (Phi) is 5.80. The van der Waals surface area contributed by atoms with Crippen molar-refractivity contribution in [1.29, 1.82) is 0 Å². The lowest BCUT2D eigenvalue weighted by molar-refractivity contribution is -0.119. The molecule has 0 aliphatic heterocycles. The van der Waals surface area contributed by atoms with Gasteiger partial charge in [-0.15, -0.1) is 0 Å². The lowest BCUT2D eigenvalue weighted by Crippen LogP contribution is -2.35. The molecular weight excluding hydrogens is 267 g/mol. The van der Waals surface area contributed by atoms with Crippen LogP contribution in [0.5, 0.6) is 0 Å². The quantitative estimate of drug-likeness (QED) is 0.872. The summed E-state index contributed by atoms with van der Waals surface area (Å²) in [5, 5.41) is 0. The fraction of sp³-hybridized carbons (Fsp3) is 0.643. The smallest absolute Gasteiger partial charge is 0.348 e. The summed E-state index contributed by atoms with van der Waals surface area (Å²) in [7, 11) is 0. The molecule has 0 bridgehead atoms. The van der Waals surface area contributed by atoms with Crippen LogP contribution in [-0.2, 0) is 6.54 Å². The van der Waals surface area contributed by atoms with Gasteiger partial charge in [0, 0.05) is 18.8 Å². The van der Waals surface area contributed by atoms with Gasteiger partial charge in [0.25, 0.3) is 0 Å². The number of hydrogen-bond acceptors (Lipinski definition) is 3. The normalized spacial score (nSPS) is 12.0. The molecule has 0 aliphatic carbocycles. The number of nitrogens with zero attached hydrogens (tertiary/aromatic N) is 2. The van der Waals surface area contributed by atoms with E-state index in [1.54, 1.807) is 6.07 Å². The number of pyridine rings is 1. The van der Waals surface area contributed by atoms with Crippen molar-refractivity contribution in [1.82, 2.24) is 4.98 Å². The predicted molar refractivity (Wildman–Crippen MR) is 74.8 cm³/mol. The summed E-state index contributed by atoms with van der Waals surface area (Å²) < 4.78 is 38.0. The van der Waals surface area contributed by atoms with Crippen LogP contribution in [0, 0.1) is 0 Å². The zero-order valence-corrected chi connectivity index (χ0v) is 12.2. The molecule has 20 heavy (non-hydrogen) atoms. The summed E-state index contributed by atoms with van der Waals surface area (Å²) in [5.74, 6) is 0.505. The Balaban J connectivity index is 3.14. The standard InChI is InChI=1S/C14H22F3N3/c1-4-5-20(9-14(15,16)17)13-7-11(8-18)6-12(19-13)10(2)3/h6-7,10H,4-5,8-9,18H2,1-3H3. The van der Waals surface area contributed by atoms with Crippen LogP contribution in [0.2, 0.25) is 0 Å². The predicted octanol–water partition coefficient (Wildman–Crippen LogP) is 3.44. The SMILES string of the molecule is CCCN(CC(F)(F)F)c1cc(CN)cc(C(C)C)n1. The third-order valence-corrected chi connectivity index (χ3v) is 2.91. The number of alkyl halides is 3. The van der Waals surface area contributed by atoms with Gasteiger partial charge in [0.05, 0.1) is 0 Å². The minimum absolute atomic E-state index is 0.148. The first-order chi connectivity index (χ1) is 9.26. The Morgan fingerprint density at radius 1 is 1.30 bits per heavy atom. The minimum Gasteiger partial charge on any atom is -0.348 e. The van der Waals surface area contributed by atoms with Crippen LogP contribution in [-0.4, -0.2) is 24.2 Å². The number of rotatable bonds is 6. The van der Waals surface area contributed by atoms with Gasteiger partial charge in [-0.1, -0.05) is 20.8 Å². The molecule has 0 spiro atoms. The van der Waals surface area contributed by atoms with Crippen molar-refractivity contribution in [2.45, 2.75) is 45.8 Å². The van der Waals surface area contributed by atoms with Crippen molar-refractivity contribution >= 4 is 5.82 Å². The van der Waals surface area contributed by atoms with Crippen LogP contribution in [0.3, 0.4) is 0 Å². The molecule has 0 fully saturated rings. The first-order valence-electron chi connectivity index (χ1n) is 6.79. The maximum atomic E-state index is 12.7. The molecule has 0 amide bonds. The third-order valence-electron chi connectivity index (χ3n) is 2.91. The Morgan fingerprint density at radius 3 is 2.40 bits per heavy atom. The summed E-state index contributed by atoms with van der Waals surface area (Å²) >= 11 is 0. The maximum absolute atomic E-state index is 12.7. The van der Waals surface area contributed by atoms with Crippen molar-refractivity contribution < 1.29 is 13.2 Å². The van der Waals surface area contributed by atoms with E-state index < -0.39 is 12.7 Å². The van der Waals surface area contributed by atoms with Gasteiger partial charge in [0.15, 0.2) is 0 Å². The highest BCUT2D eigenvalue weighted by molar-refractivity contribution is 5.43. The van der Waals surface area contributed by atoms with E-state index in [1.807, 2.05) is 26.8 Å². The zero-order chi connectivity index (χ0) is 15.3. The molecular formula is C14H22F3N3. The molecule has 1 aromatic heterocycles. The van der Waals surface area contributed by atoms with E-state index in [2.05, 4.69) is 4.98 Å². The van der Waals surface area contributed by atoms with Crippen LogP contribution in [0.15, 0.2) is 12.1 Å². The molecule has 0 atom stereocenters. The van der Waals surface area contributed by atoms with Gasteiger partial charge in [0.2, 0.25) is 0 Å². The summed E-state index contributed by atoms with van der Waals surface area (Å²) in [4.78, 5) is 5.62. The average Bonchev–Trinajstić information content (AvgIpc) is 2.36. The van der Waals surface area contributed by atoms with Crippen molar-refractivity contribution in [2.24, 2.45) is 5.73 Å². The number of aromatic nitrogens is 1. The summed E-state index contributed by atoms with van der Waals surface area (Å²) in [6.07, 6.45) is -3.62. The van der Waals surface area contributed by atoms with E-state index in [4.69, 9.17) is 5.73 Å². The summed E-state index contributed by atoms with van der Waals surface area (Å²) in [5.41, 5.74) is 7.20. The Labute approximate surface area is 118 Å². The van der Waals surface area contributed by atoms with Crippen LogP contribution >= 0.6 is 0 Å². The first kappa shape index (κ1) is 16.8. The number of anilines is 1. The molecule has 2 N–H and O–H groups in total. The van der Waals surface area contributed by atoms with Crippen LogP contribution < -0.4 is 10.6 Å². The zero-order valence-electron chi connectivity index (χ0n) is 12.2. The average molecular weight is 289 g/mol. The molecule has 0 unspecified atom stereocenters. The number of halogens is 3. The van der Waals surface area contributed by atoms with Crippen molar-refractivity contribution in [2.75, 3.05) is 18.0 Å². The molecule has 0 saturated carbocycles. The van der Waals surface area contributed by atoms with E-state index in [0.717, 1.165) is 11.3 Å². The van der Waals surface area contributed by atoms with Crippen LogP contribution in [0.1, 0.15) is 44.4 Å². The van der Waals surface area contributed by atoms with E-state index in [-0.39, 0.29) is 5.92 Å². The Hall–Kier alpha value is -1.30. The highest BCUT2D eigenvalue weighted by Crippen LogP contribution is 2.24. The van der Waals surface area contributed by atoms with Crippen molar-refractivity contribution in [3.63, 3.8) is 0 Å². The number of nitrogens with two attached hydrogens (primary N) is 1. The first-order valence-corrected chi connectivity index (χ1v) is 6.79. The van der Waals surface area contributed by atoms with E-state index >= 15 is 0 Å². The highest BCUT2D eigenvalue weighted by Gasteiger charge is 2.31. The molecule has 0 aliphatic rings. The van der Waals surface area contributed by atoms with E-state index in [0.29, 0.717) is 25.3 Å². The Bertz CT molecular complexity index is 430.